The minimum absolute atomic E-state index is 0.00778. The lowest BCUT2D eigenvalue weighted by Gasteiger charge is -2.23. The van der Waals surface area contributed by atoms with Crippen molar-refractivity contribution in [2.24, 2.45) is 0 Å². The summed E-state index contributed by atoms with van der Waals surface area (Å²) in [6.45, 7) is 17.3. The number of benzene rings is 1. The molecule has 0 spiro atoms. The lowest BCUT2D eigenvalue weighted by atomic mass is 9.89. The Balaban J connectivity index is 2.38. The second-order valence-electron chi connectivity index (χ2n) is 8.97. The van der Waals surface area contributed by atoms with Crippen LogP contribution in [0.3, 0.4) is 0 Å². The van der Waals surface area contributed by atoms with E-state index in [1.165, 1.54) is 0 Å². The van der Waals surface area contributed by atoms with Gasteiger partial charge in [0.2, 0.25) is 5.95 Å². The Morgan fingerprint density at radius 3 is 2.22 bits per heavy atom. The molecule has 2 N–H and O–H groups in total. The highest BCUT2D eigenvalue weighted by Crippen LogP contribution is 2.27. The summed E-state index contributed by atoms with van der Waals surface area (Å²) in [5.74, 6) is 2.62. The highest BCUT2D eigenvalue weighted by molar-refractivity contribution is 5.61. The van der Waals surface area contributed by atoms with Crippen LogP contribution in [-0.4, -0.2) is 20.5 Å². The molecule has 1 aromatic carbocycles. The normalized spacial score (nSPS) is 13.3. The molecule has 0 aliphatic heterocycles. The zero-order chi connectivity index (χ0) is 20.2. The Morgan fingerprint density at radius 2 is 1.63 bits per heavy atom. The highest BCUT2D eigenvalue weighted by Gasteiger charge is 2.24. The zero-order valence-corrected chi connectivity index (χ0v) is 18.1. The molecule has 0 aliphatic rings. The average Bonchev–Trinajstić information content (AvgIpc) is 2.59. The first kappa shape index (κ1) is 21.1. The molecule has 0 fully saturated rings. The summed E-state index contributed by atoms with van der Waals surface area (Å²) in [6, 6.07) is 8.22. The predicted molar refractivity (Wildman–Crippen MR) is 115 cm³/mol. The van der Waals surface area contributed by atoms with Crippen molar-refractivity contribution in [3.8, 4) is 0 Å². The molecule has 0 bridgehead atoms. The Hall–Kier alpha value is -2.17. The van der Waals surface area contributed by atoms with E-state index in [-0.39, 0.29) is 11.0 Å². The molecule has 0 radical (unpaired) electrons. The van der Waals surface area contributed by atoms with Crippen molar-refractivity contribution in [1.29, 1.82) is 0 Å². The van der Waals surface area contributed by atoms with Gasteiger partial charge in [0, 0.05) is 28.2 Å². The van der Waals surface area contributed by atoms with Gasteiger partial charge in [-0.15, -0.1) is 0 Å². The Bertz CT molecular complexity index is 762. The highest BCUT2D eigenvalue weighted by atomic mass is 15.2. The third-order valence-electron chi connectivity index (χ3n) is 4.83. The second kappa shape index (κ2) is 8.24. The molecule has 1 atom stereocenters. The maximum Gasteiger partial charge on any atom is 0.230 e. The van der Waals surface area contributed by atoms with E-state index in [2.05, 4.69) is 78.2 Å². The van der Waals surface area contributed by atoms with Gasteiger partial charge in [-0.25, -0.2) is 4.98 Å². The van der Waals surface area contributed by atoms with E-state index in [1.807, 2.05) is 12.1 Å². The molecule has 1 unspecified atom stereocenters. The van der Waals surface area contributed by atoms with E-state index in [0.29, 0.717) is 11.9 Å². The summed E-state index contributed by atoms with van der Waals surface area (Å²) >= 11 is 0. The van der Waals surface area contributed by atoms with Gasteiger partial charge in [-0.05, 0) is 51.8 Å². The summed E-state index contributed by atoms with van der Waals surface area (Å²) < 4.78 is 0. The van der Waals surface area contributed by atoms with E-state index in [1.54, 1.807) is 0 Å². The van der Waals surface area contributed by atoms with Crippen molar-refractivity contribution in [2.75, 3.05) is 10.6 Å². The number of nitrogens with one attached hydrogen (secondary N) is 2. The SMILES string of the molecule is CCC(C)c1nc(Nc2cccc(NC(C)(C)C)c2)nc(C(C)(C)CC)n1. The molecule has 2 rings (SSSR count). The largest absolute Gasteiger partial charge is 0.380 e. The van der Waals surface area contributed by atoms with Crippen LogP contribution in [0.1, 0.15) is 85.8 Å². The van der Waals surface area contributed by atoms with Crippen LogP contribution in [-0.2, 0) is 5.41 Å². The first-order valence-electron chi connectivity index (χ1n) is 9.96. The van der Waals surface area contributed by atoms with E-state index < -0.39 is 0 Å². The lowest BCUT2D eigenvalue weighted by molar-refractivity contribution is 0.464. The van der Waals surface area contributed by atoms with Gasteiger partial charge < -0.3 is 10.6 Å². The van der Waals surface area contributed by atoms with Crippen LogP contribution in [0.5, 0.6) is 0 Å². The van der Waals surface area contributed by atoms with Crippen molar-refractivity contribution in [1.82, 2.24) is 15.0 Å². The van der Waals surface area contributed by atoms with Gasteiger partial charge in [0.25, 0.3) is 0 Å². The minimum Gasteiger partial charge on any atom is -0.380 e. The number of hydrogen-bond donors (Lipinski definition) is 2. The maximum atomic E-state index is 4.78. The molecule has 0 saturated carbocycles. The van der Waals surface area contributed by atoms with Crippen LogP contribution in [0, 0.1) is 0 Å². The van der Waals surface area contributed by atoms with Crippen LogP contribution >= 0.6 is 0 Å². The fourth-order valence-corrected chi connectivity index (χ4v) is 2.55. The van der Waals surface area contributed by atoms with E-state index in [9.17, 15) is 0 Å². The first-order chi connectivity index (χ1) is 12.5. The van der Waals surface area contributed by atoms with Crippen molar-refractivity contribution < 1.29 is 0 Å². The van der Waals surface area contributed by atoms with Crippen molar-refractivity contribution in [3.05, 3.63) is 35.9 Å². The van der Waals surface area contributed by atoms with Crippen LogP contribution in [0.15, 0.2) is 24.3 Å². The molecule has 1 heterocycles. The second-order valence-corrected chi connectivity index (χ2v) is 8.97. The van der Waals surface area contributed by atoms with Gasteiger partial charge in [0.15, 0.2) is 0 Å². The van der Waals surface area contributed by atoms with Gasteiger partial charge in [0.1, 0.15) is 11.6 Å². The standard InChI is InChI=1S/C22H35N5/c1-9-15(3)18-24-19(22(7,8)10-2)26-20(25-18)23-16-12-11-13-17(14-16)27-21(4,5)6/h11-15,27H,9-10H2,1-8H3,(H,23,24,25,26). The predicted octanol–water partition coefficient (Wildman–Crippen LogP) is 6.03. The third kappa shape index (κ3) is 5.91. The van der Waals surface area contributed by atoms with E-state index >= 15 is 0 Å². The Morgan fingerprint density at radius 1 is 0.963 bits per heavy atom. The van der Waals surface area contributed by atoms with Gasteiger partial charge >= 0.3 is 0 Å². The van der Waals surface area contributed by atoms with Crippen molar-refractivity contribution in [2.45, 2.75) is 85.1 Å². The van der Waals surface area contributed by atoms with Crippen molar-refractivity contribution >= 4 is 17.3 Å². The van der Waals surface area contributed by atoms with Gasteiger partial charge in [-0.2, -0.15) is 9.97 Å². The molecule has 0 amide bonds. The molecular formula is C22H35N5. The summed E-state index contributed by atoms with van der Waals surface area (Å²) in [5.41, 5.74) is 1.95. The molecule has 27 heavy (non-hydrogen) atoms. The molecular weight excluding hydrogens is 334 g/mol. The van der Waals surface area contributed by atoms with Crippen LogP contribution in [0.4, 0.5) is 17.3 Å². The van der Waals surface area contributed by atoms with Crippen LogP contribution in [0.25, 0.3) is 0 Å². The van der Waals surface area contributed by atoms with E-state index in [4.69, 9.17) is 15.0 Å². The smallest absolute Gasteiger partial charge is 0.230 e. The number of rotatable bonds is 7. The molecule has 5 nitrogen and oxygen atoms in total. The van der Waals surface area contributed by atoms with Crippen LogP contribution < -0.4 is 10.6 Å². The molecule has 1 aromatic heterocycles. The van der Waals surface area contributed by atoms with Gasteiger partial charge in [-0.3, -0.25) is 0 Å². The van der Waals surface area contributed by atoms with Crippen molar-refractivity contribution in [3.63, 3.8) is 0 Å². The average molecular weight is 370 g/mol. The summed E-state index contributed by atoms with van der Waals surface area (Å²) in [7, 11) is 0. The number of aromatic nitrogens is 3. The maximum absolute atomic E-state index is 4.78. The third-order valence-corrected chi connectivity index (χ3v) is 4.83. The minimum atomic E-state index is -0.0861. The Kier molecular flexibility index (Phi) is 6.45. The van der Waals surface area contributed by atoms with E-state index in [0.717, 1.165) is 35.9 Å². The number of hydrogen-bond acceptors (Lipinski definition) is 5. The summed E-state index contributed by atoms with van der Waals surface area (Å²) in [5, 5.41) is 6.88. The lowest BCUT2D eigenvalue weighted by Crippen LogP contribution is -2.26. The fourth-order valence-electron chi connectivity index (χ4n) is 2.55. The summed E-state index contributed by atoms with van der Waals surface area (Å²) in [4.78, 5) is 14.2. The fraction of sp³-hybridized carbons (Fsp3) is 0.591. The summed E-state index contributed by atoms with van der Waals surface area (Å²) in [6.07, 6.45) is 1.97. The van der Waals surface area contributed by atoms with Gasteiger partial charge in [0.05, 0.1) is 0 Å². The van der Waals surface area contributed by atoms with Crippen LogP contribution in [0.2, 0.25) is 0 Å². The molecule has 5 heteroatoms. The number of anilines is 3. The molecule has 148 valence electrons. The first-order valence-corrected chi connectivity index (χ1v) is 9.96. The zero-order valence-electron chi connectivity index (χ0n) is 18.1. The van der Waals surface area contributed by atoms with Gasteiger partial charge in [-0.1, -0.05) is 40.7 Å². The molecule has 2 aromatic rings. The monoisotopic (exact) mass is 369 g/mol. The molecule has 0 aliphatic carbocycles. The quantitative estimate of drug-likeness (QED) is 0.624. The molecule has 0 saturated heterocycles. The topological polar surface area (TPSA) is 62.7 Å². The number of nitrogens with zero attached hydrogens (tertiary/aromatic N) is 3. The Labute approximate surface area is 164 Å².